The quantitative estimate of drug-likeness (QED) is 0.0262. The van der Waals surface area contributed by atoms with Crippen molar-refractivity contribution in [2.45, 2.75) is 258 Å². The van der Waals surface area contributed by atoms with Crippen molar-refractivity contribution in [3.05, 3.63) is 97.2 Å². The van der Waals surface area contributed by atoms with E-state index in [2.05, 4.69) is 118 Å². The van der Waals surface area contributed by atoms with E-state index in [1.54, 1.807) is 0 Å². The summed E-state index contributed by atoms with van der Waals surface area (Å²) >= 11 is 0. The molecular weight excluding hydrogens is 829 g/mol. The van der Waals surface area contributed by atoms with Gasteiger partial charge in [0.15, 0.2) is 6.10 Å². The second-order valence-corrected chi connectivity index (χ2v) is 18.1. The molecule has 382 valence electrons. The number of carbonyl (C=O) groups is 3. The van der Waals surface area contributed by atoms with Crippen LogP contribution in [0.15, 0.2) is 97.2 Å². The molecule has 0 saturated carbocycles. The fourth-order valence-corrected chi connectivity index (χ4v) is 7.43. The summed E-state index contributed by atoms with van der Waals surface area (Å²) in [5.41, 5.74) is 0. The van der Waals surface area contributed by atoms with Gasteiger partial charge in [-0.15, -0.1) is 0 Å². The number of hydrogen-bond acceptors (Lipinski definition) is 6. The van der Waals surface area contributed by atoms with E-state index in [1.165, 1.54) is 103 Å². The Balaban J connectivity index is 4.52. The van der Waals surface area contributed by atoms with Gasteiger partial charge in [-0.3, -0.25) is 14.4 Å². The first kappa shape index (κ1) is 63.3. The lowest BCUT2D eigenvalue weighted by atomic mass is 10.0. The summed E-state index contributed by atoms with van der Waals surface area (Å²) in [4.78, 5) is 38.1. The van der Waals surface area contributed by atoms with Gasteiger partial charge in [0.1, 0.15) is 13.2 Å². The monoisotopic (exact) mass is 931 g/mol. The number of rotatable bonds is 49. The van der Waals surface area contributed by atoms with Crippen LogP contribution in [0.5, 0.6) is 0 Å². The Bertz CT molecular complexity index is 1350. The van der Waals surface area contributed by atoms with E-state index >= 15 is 0 Å². The molecule has 0 aromatic carbocycles. The molecule has 0 rings (SSSR count). The van der Waals surface area contributed by atoms with Gasteiger partial charge in [-0.25, -0.2) is 0 Å². The zero-order valence-electron chi connectivity index (χ0n) is 43.6. The largest absolute Gasteiger partial charge is 0.462 e. The number of unbranched alkanes of at least 4 members (excludes halogenated alkanes) is 22. The fraction of sp³-hybridized carbons (Fsp3) is 0.689. The molecule has 0 radical (unpaired) electrons. The third-order valence-electron chi connectivity index (χ3n) is 11.6. The van der Waals surface area contributed by atoms with Gasteiger partial charge in [-0.1, -0.05) is 234 Å². The minimum Gasteiger partial charge on any atom is -0.462 e. The molecule has 0 aliphatic carbocycles. The zero-order chi connectivity index (χ0) is 48.6. The lowest BCUT2D eigenvalue weighted by Crippen LogP contribution is -2.30. The van der Waals surface area contributed by atoms with Crippen LogP contribution in [0, 0.1) is 0 Å². The van der Waals surface area contributed by atoms with Gasteiger partial charge >= 0.3 is 17.9 Å². The zero-order valence-corrected chi connectivity index (χ0v) is 43.6. The third kappa shape index (κ3) is 53.2. The topological polar surface area (TPSA) is 78.9 Å². The highest BCUT2D eigenvalue weighted by Gasteiger charge is 2.19. The average molecular weight is 931 g/mol. The van der Waals surface area contributed by atoms with E-state index in [1.807, 2.05) is 0 Å². The maximum atomic E-state index is 12.8. The smallest absolute Gasteiger partial charge is 0.306 e. The molecule has 0 aromatic rings. The Labute approximate surface area is 413 Å². The minimum absolute atomic E-state index is 0.106. The maximum Gasteiger partial charge on any atom is 0.306 e. The lowest BCUT2D eigenvalue weighted by Gasteiger charge is -2.18. The van der Waals surface area contributed by atoms with Crippen molar-refractivity contribution < 1.29 is 28.6 Å². The molecule has 0 amide bonds. The standard InChI is InChI=1S/C61H102O6/c1-4-7-10-13-16-19-22-25-28-30-33-36-39-42-45-48-51-54-60(63)66-57-58(56-65-59(62)53-50-47-44-41-38-35-32-27-24-21-18-15-12-9-6-3)67-61(64)55-52-49-46-43-40-37-34-31-29-26-23-20-17-14-11-8-5-2/h8,11,16-17,19-20,25-26,28-29,33-34,36-37,43,46,58H,4-7,9-10,12-15,18,21-24,27,30-32,35,38-42,44-45,47-57H2,1-3H3/b11-8-,19-16-,20-17-,28-25-,29-26-,36-33-,37-34-,46-43-/t58-/m0/s1. The molecule has 0 heterocycles. The third-order valence-corrected chi connectivity index (χ3v) is 11.6. The number of hydrogen-bond donors (Lipinski definition) is 0. The van der Waals surface area contributed by atoms with Crippen molar-refractivity contribution in [3.8, 4) is 0 Å². The highest BCUT2D eigenvalue weighted by Crippen LogP contribution is 2.15. The van der Waals surface area contributed by atoms with E-state index in [0.29, 0.717) is 19.3 Å². The van der Waals surface area contributed by atoms with E-state index in [0.717, 1.165) is 103 Å². The average Bonchev–Trinajstić information content (AvgIpc) is 3.33. The Morgan fingerprint density at radius 3 is 0.985 bits per heavy atom. The fourth-order valence-electron chi connectivity index (χ4n) is 7.43. The summed E-state index contributed by atoms with van der Waals surface area (Å²) in [6.07, 6.45) is 72.5. The molecule has 67 heavy (non-hydrogen) atoms. The van der Waals surface area contributed by atoms with Crippen LogP contribution in [0.1, 0.15) is 252 Å². The predicted molar refractivity (Wildman–Crippen MR) is 288 cm³/mol. The van der Waals surface area contributed by atoms with Crippen LogP contribution < -0.4 is 0 Å². The van der Waals surface area contributed by atoms with Crippen molar-refractivity contribution in [2.24, 2.45) is 0 Å². The first-order valence-corrected chi connectivity index (χ1v) is 27.7. The highest BCUT2D eigenvalue weighted by molar-refractivity contribution is 5.71. The van der Waals surface area contributed by atoms with Crippen LogP contribution in [0.4, 0.5) is 0 Å². The molecule has 6 nitrogen and oxygen atoms in total. The van der Waals surface area contributed by atoms with Crippen molar-refractivity contribution in [1.82, 2.24) is 0 Å². The van der Waals surface area contributed by atoms with Crippen LogP contribution in [-0.4, -0.2) is 37.2 Å². The van der Waals surface area contributed by atoms with Gasteiger partial charge in [-0.2, -0.15) is 0 Å². The van der Waals surface area contributed by atoms with E-state index < -0.39 is 6.10 Å². The molecular formula is C61H102O6. The summed E-state index contributed by atoms with van der Waals surface area (Å²) in [5.74, 6) is -0.985. The van der Waals surface area contributed by atoms with Gasteiger partial charge in [0.2, 0.25) is 0 Å². The second kappa shape index (κ2) is 54.9. The van der Waals surface area contributed by atoms with Crippen LogP contribution >= 0.6 is 0 Å². The Kier molecular flexibility index (Phi) is 51.9. The molecule has 0 aliphatic heterocycles. The summed E-state index contributed by atoms with van der Waals surface area (Å²) < 4.78 is 16.8. The normalized spacial score (nSPS) is 12.8. The van der Waals surface area contributed by atoms with Gasteiger partial charge < -0.3 is 14.2 Å². The molecule has 0 saturated heterocycles. The maximum absolute atomic E-state index is 12.8. The van der Waals surface area contributed by atoms with Crippen molar-refractivity contribution in [2.75, 3.05) is 13.2 Å². The van der Waals surface area contributed by atoms with Crippen LogP contribution in [0.25, 0.3) is 0 Å². The van der Waals surface area contributed by atoms with Gasteiger partial charge in [-0.05, 0) is 96.3 Å². The molecule has 6 heteroatoms. The highest BCUT2D eigenvalue weighted by atomic mass is 16.6. The number of ether oxygens (including phenoxy) is 3. The Hall–Kier alpha value is -3.67. The SMILES string of the molecule is CC/C=C\C/C=C\C/C=C\C/C=C\C/C=C\CCCC(=O)O[C@H](COC(=O)CCCCCC/C=C\C/C=C\C/C=C\CCCCC)COC(=O)CCCCCCCCCCCCCCCCC. The second-order valence-electron chi connectivity index (χ2n) is 18.1. The van der Waals surface area contributed by atoms with Crippen molar-refractivity contribution in [1.29, 1.82) is 0 Å². The number of esters is 3. The summed E-state index contributed by atoms with van der Waals surface area (Å²) in [6, 6.07) is 0. The molecule has 0 aromatic heterocycles. The molecule has 0 N–H and O–H groups in total. The van der Waals surface area contributed by atoms with Crippen molar-refractivity contribution in [3.63, 3.8) is 0 Å². The molecule has 0 spiro atoms. The minimum atomic E-state index is -0.816. The van der Waals surface area contributed by atoms with Crippen molar-refractivity contribution >= 4 is 17.9 Å². The predicted octanol–water partition coefficient (Wildman–Crippen LogP) is 18.5. The van der Waals surface area contributed by atoms with Gasteiger partial charge in [0, 0.05) is 19.3 Å². The summed E-state index contributed by atoms with van der Waals surface area (Å²) in [7, 11) is 0. The van der Waals surface area contributed by atoms with Gasteiger partial charge in [0.05, 0.1) is 0 Å². The first-order valence-electron chi connectivity index (χ1n) is 27.7. The summed E-state index contributed by atoms with van der Waals surface area (Å²) in [6.45, 7) is 6.44. The van der Waals surface area contributed by atoms with Crippen LogP contribution in [0.3, 0.4) is 0 Å². The Morgan fingerprint density at radius 1 is 0.313 bits per heavy atom. The molecule has 1 atom stereocenters. The van der Waals surface area contributed by atoms with Gasteiger partial charge in [0.25, 0.3) is 0 Å². The number of carbonyl (C=O) groups excluding carboxylic acids is 3. The molecule has 0 unspecified atom stereocenters. The molecule has 0 aliphatic rings. The van der Waals surface area contributed by atoms with Crippen LogP contribution in [0.2, 0.25) is 0 Å². The first-order chi connectivity index (χ1) is 33.0. The van der Waals surface area contributed by atoms with E-state index in [4.69, 9.17) is 14.2 Å². The van der Waals surface area contributed by atoms with E-state index in [-0.39, 0.29) is 37.5 Å². The molecule has 0 fully saturated rings. The summed E-state index contributed by atoms with van der Waals surface area (Å²) in [5, 5.41) is 0. The van der Waals surface area contributed by atoms with Crippen LogP contribution in [-0.2, 0) is 28.6 Å². The lowest BCUT2D eigenvalue weighted by molar-refractivity contribution is -0.167. The number of allylic oxidation sites excluding steroid dienone is 16. The van der Waals surface area contributed by atoms with E-state index in [9.17, 15) is 14.4 Å². The molecule has 0 bridgehead atoms. The Morgan fingerprint density at radius 2 is 0.597 bits per heavy atom.